The molecule has 3 nitrogen and oxygen atoms in total. The molecule has 0 radical (unpaired) electrons. The van der Waals surface area contributed by atoms with E-state index in [4.69, 9.17) is 4.74 Å². The monoisotopic (exact) mass is 240 g/mol. The molecule has 2 atom stereocenters. The molecule has 0 saturated carbocycles. The predicted molar refractivity (Wildman–Crippen MR) is 71.3 cm³/mol. The molecule has 0 amide bonds. The smallest absolute Gasteiger partial charge is 0.0622 e. The standard InChI is InChI=1S/C14H28N2O/c1-11(2)7-12-8-16(13-5-6-17-9-13)14(3,4)10-15-12/h11-13,15H,5-10H2,1-4H3. The Kier molecular flexibility index (Phi) is 4.11. The summed E-state index contributed by atoms with van der Waals surface area (Å²) in [5, 5.41) is 3.71. The maximum Gasteiger partial charge on any atom is 0.0622 e. The van der Waals surface area contributed by atoms with Gasteiger partial charge in [-0.3, -0.25) is 4.90 Å². The molecule has 0 spiro atoms. The van der Waals surface area contributed by atoms with E-state index in [2.05, 4.69) is 37.9 Å². The molecular weight excluding hydrogens is 212 g/mol. The SMILES string of the molecule is CC(C)CC1CN(C2CCOC2)C(C)(C)CN1. The van der Waals surface area contributed by atoms with E-state index in [1.54, 1.807) is 0 Å². The Labute approximate surface area is 106 Å². The first-order chi connectivity index (χ1) is 7.99. The van der Waals surface area contributed by atoms with Crippen LogP contribution in [0.15, 0.2) is 0 Å². The number of nitrogens with one attached hydrogen (secondary N) is 1. The Hall–Kier alpha value is -0.120. The Balaban J connectivity index is 1.98. The topological polar surface area (TPSA) is 24.5 Å². The lowest BCUT2D eigenvalue weighted by atomic mass is 9.91. The highest BCUT2D eigenvalue weighted by molar-refractivity contribution is 4.97. The lowest BCUT2D eigenvalue weighted by Gasteiger charge is -2.49. The van der Waals surface area contributed by atoms with Crippen LogP contribution in [0.25, 0.3) is 0 Å². The first-order valence-corrected chi connectivity index (χ1v) is 7.07. The fraction of sp³-hybridized carbons (Fsp3) is 1.00. The van der Waals surface area contributed by atoms with Crippen molar-refractivity contribution in [3.8, 4) is 0 Å². The summed E-state index contributed by atoms with van der Waals surface area (Å²) in [4.78, 5) is 2.68. The molecule has 0 aromatic rings. The molecule has 2 unspecified atom stereocenters. The van der Waals surface area contributed by atoms with Crippen molar-refractivity contribution in [3.05, 3.63) is 0 Å². The van der Waals surface area contributed by atoms with Crippen molar-refractivity contribution in [2.45, 2.75) is 58.2 Å². The molecule has 0 aromatic heterocycles. The lowest BCUT2D eigenvalue weighted by molar-refractivity contribution is 0.0164. The molecule has 100 valence electrons. The average Bonchev–Trinajstić information content (AvgIpc) is 2.73. The fourth-order valence-corrected chi connectivity index (χ4v) is 3.18. The number of ether oxygens (including phenoxy) is 1. The Morgan fingerprint density at radius 2 is 2.18 bits per heavy atom. The zero-order valence-corrected chi connectivity index (χ0v) is 11.8. The van der Waals surface area contributed by atoms with Crippen LogP contribution < -0.4 is 5.32 Å². The van der Waals surface area contributed by atoms with Crippen LogP contribution in [0.3, 0.4) is 0 Å². The van der Waals surface area contributed by atoms with E-state index in [0.29, 0.717) is 12.1 Å². The minimum Gasteiger partial charge on any atom is -0.380 e. The predicted octanol–water partition coefficient (Wildman–Crippen LogP) is 1.87. The van der Waals surface area contributed by atoms with Crippen LogP contribution in [0.5, 0.6) is 0 Å². The molecule has 2 saturated heterocycles. The van der Waals surface area contributed by atoms with Crippen LogP contribution in [0.4, 0.5) is 0 Å². The van der Waals surface area contributed by atoms with E-state index in [1.165, 1.54) is 19.4 Å². The van der Waals surface area contributed by atoms with Crippen molar-refractivity contribution in [3.63, 3.8) is 0 Å². The molecular formula is C14H28N2O. The summed E-state index contributed by atoms with van der Waals surface area (Å²) >= 11 is 0. The van der Waals surface area contributed by atoms with Crippen LogP contribution in [0.1, 0.15) is 40.5 Å². The number of hydrogen-bond acceptors (Lipinski definition) is 3. The molecule has 0 bridgehead atoms. The second-order valence-corrected chi connectivity index (χ2v) is 6.69. The number of rotatable bonds is 3. The molecule has 0 aliphatic carbocycles. The van der Waals surface area contributed by atoms with Gasteiger partial charge in [-0.15, -0.1) is 0 Å². The van der Waals surface area contributed by atoms with Crippen molar-refractivity contribution in [2.75, 3.05) is 26.3 Å². The highest BCUT2D eigenvalue weighted by Crippen LogP contribution is 2.27. The number of piperazine rings is 1. The third kappa shape index (κ3) is 3.21. The maximum atomic E-state index is 5.56. The molecule has 1 N–H and O–H groups in total. The molecule has 2 aliphatic heterocycles. The molecule has 2 heterocycles. The largest absolute Gasteiger partial charge is 0.380 e. The third-order valence-electron chi connectivity index (χ3n) is 4.12. The van der Waals surface area contributed by atoms with Crippen molar-refractivity contribution in [2.24, 2.45) is 5.92 Å². The fourth-order valence-electron chi connectivity index (χ4n) is 3.18. The molecule has 3 heteroatoms. The highest BCUT2D eigenvalue weighted by atomic mass is 16.5. The summed E-state index contributed by atoms with van der Waals surface area (Å²) in [5.74, 6) is 0.774. The van der Waals surface area contributed by atoms with Crippen molar-refractivity contribution in [1.29, 1.82) is 0 Å². The van der Waals surface area contributed by atoms with Gasteiger partial charge in [0.05, 0.1) is 6.61 Å². The van der Waals surface area contributed by atoms with E-state index in [0.717, 1.165) is 25.7 Å². The van der Waals surface area contributed by atoms with E-state index in [9.17, 15) is 0 Å². The highest BCUT2D eigenvalue weighted by Gasteiger charge is 2.39. The van der Waals surface area contributed by atoms with Gasteiger partial charge in [-0.1, -0.05) is 13.8 Å². The van der Waals surface area contributed by atoms with Crippen LogP contribution in [-0.4, -0.2) is 48.8 Å². The Morgan fingerprint density at radius 3 is 2.76 bits per heavy atom. The van der Waals surface area contributed by atoms with Gasteiger partial charge in [0.25, 0.3) is 0 Å². The molecule has 0 aromatic carbocycles. The first-order valence-electron chi connectivity index (χ1n) is 7.07. The quantitative estimate of drug-likeness (QED) is 0.815. The van der Waals surface area contributed by atoms with Gasteiger partial charge in [0.2, 0.25) is 0 Å². The van der Waals surface area contributed by atoms with Gasteiger partial charge in [0, 0.05) is 37.3 Å². The minimum atomic E-state index is 0.270. The number of nitrogens with zero attached hydrogens (tertiary/aromatic N) is 1. The van der Waals surface area contributed by atoms with Gasteiger partial charge in [-0.2, -0.15) is 0 Å². The minimum absolute atomic E-state index is 0.270. The zero-order chi connectivity index (χ0) is 12.5. The summed E-state index contributed by atoms with van der Waals surface area (Å²) in [6.07, 6.45) is 2.48. The van der Waals surface area contributed by atoms with Gasteiger partial charge in [-0.25, -0.2) is 0 Å². The van der Waals surface area contributed by atoms with Gasteiger partial charge in [0.15, 0.2) is 0 Å². The summed E-state index contributed by atoms with van der Waals surface area (Å²) < 4.78 is 5.56. The first kappa shape index (κ1) is 13.3. The van der Waals surface area contributed by atoms with Crippen molar-refractivity contribution >= 4 is 0 Å². The maximum absolute atomic E-state index is 5.56. The third-order valence-corrected chi connectivity index (χ3v) is 4.12. The van der Waals surface area contributed by atoms with Crippen LogP contribution in [0, 0.1) is 5.92 Å². The van der Waals surface area contributed by atoms with Gasteiger partial charge in [-0.05, 0) is 32.6 Å². The van der Waals surface area contributed by atoms with Crippen molar-refractivity contribution in [1.82, 2.24) is 10.2 Å². The molecule has 2 rings (SSSR count). The Morgan fingerprint density at radius 1 is 1.41 bits per heavy atom. The lowest BCUT2D eigenvalue weighted by Crippen LogP contribution is -2.64. The second kappa shape index (κ2) is 5.25. The van der Waals surface area contributed by atoms with E-state index in [1.807, 2.05) is 0 Å². The summed E-state index contributed by atoms with van der Waals surface area (Å²) in [6.45, 7) is 13.5. The van der Waals surface area contributed by atoms with Gasteiger partial charge in [0.1, 0.15) is 0 Å². The molecule has 2 aliphatic rings. The summed E-state index contributed by atoms with van der Waals surface area (Å²) in [6, 6.07) is 1.30. The van der Waals surface area contributed by atoms with Crippen molar-refractivity contribution < 1.29 is 4.74 Å². The number of hydrogen-bond donors (Lipinski definition) is 1. The summed E-state index contributed by atoms with van der Waals surface area (Å²) in [5.41, 5.74) is 0.270. The summed E-state index contributed by atoms with van der Waals surface area (Å²) in [7, 11) is 0. The molecule has 2 fully saturated rings. The Bertz CT molecular complexity index is 247. The van der Waals surface area contributed by atoms with E-state index in [-0.39, 0.29) is 5.54 Å². The van der Waals surface area contributed by atoms with E-state index >= 15 is 0 Å². The van der Waals surface area contributed by atoms with Crippen LogP contribution in [-0.2, 0) is 4.74 Å². The normalized spacial score (nSPS) is 34.4. The zero-order valence-electron chi connectivity index (χ0n) is 11.8. The average molecular weight is 240 g/mol. The van der Waals surface area contributed by atoms with E-state index < -0.39 is 0 Å². The second-order valence-electron chi connectivity index (χ2n) is 6.69. The van der Waals surface area contributed by atoms with Crippen LogP contribution in [0.2, 0.25) is 0 Å². The van der Waals surface area contributed by atoms with Gasteiger partial charge < -0.3 is 10.1 Å². The van der Waals surface area contributed by atoms with Gasteiger partial charge >= 0.3 is 0 Å². The van der Waals surface area contributed by atoms with Crippen LogP contribution >= 0.6 is 0 Å². The molecule has 17 heavy (non-hydrogen) atoms.